The van der Waals surface area contributed by atoms with Crippen molar-refractivity contribution in [2.45, 2.75) is 51.0 Å². The number of aliphatic hydroxyl groups excluding tert-OH is 1. The normalized spacial score (nSPS) is 21.9. The molecule has 2 rings (SSSR count). The Balaban J connectivity index is 0.000000204. The van der Waals surface area contributed by atoms with Crippen molar-refractivity contribution >= 4 is 18.0 Å². The van der Waals surface area contributed by atoms with Crippen molar-refractivity contribution in [3.05, 3.63) is 0 Å². The Morgan fingerprint density at radius 1 is 1.15 bits per heavy atom. The van der Waals surface area contributed by atoms with Gasteiger partial charge in [0.05, 0.1) is 6.10 Å². The highest BCUT2D eigenvalue weighted by atomic mass is 16.8. The van der Waals surface area contributed by atoms with Crippen molar-refractivity contribution in [1.82, 2.24) is 5.06 Å². The molecule has 0 aromatic rings. The van der Waals surface area contributed by atoms with Crippen molar-refractivity contribution in [2.75, 3.05) is 0 Å². The van der Waals surface area contributed by atoms with Crippen LogP contribution in [0.15, 0.2) is 0 Å². The van der Waals surface area contributed by atoms with Crippen molar-refractivity contribution in [3.63, 3.8) is 0 Å². The molecule has 0 radical (unpaired) electrons. The predicted octanol–water partition coefficient (Wildman–Crippen LogP) is 1.06. The van der Waals surface area contributed by atoms with Gasteiger partial charge in [-0.3, -0.25) is 14.4 Å². The zero-order valence-electron chi connectivity index (χ0n) is 11.0. The first-order valence-corrected chi connectivity index (χ1v) is 6.41. The van der Waals surface area contributed by atoms with Gasteiger partial charge in [0.15, 0.2) is 0 Å². The second kappa shape index (κ2) is 8.17. The van der Waals surface area contributed by atoms with Crippen LogP contribution in [0.1, 0.15) is 44.9 Å². The van der Waals surface area contributed by atoms with Gasteiger partial charge in [-0.1, -0.05) is 5.06 Å². The Labute approximate surface area is 116 Å². The van der Waals surface area contributed by atoms with Crippen LogP contribution in [0.2, 0.25) is 0 Å². The van der Waals surface area contributed by atoms with Crippen LogP contribution < -0.4 is 0 Å². The Bertz CT molecular complexity index is 420. The van der Waals surface area contributed by atoms with Crippen LogP contribution in [0.3, 0.4) is 0 Å². The average molecular weight is 283 g/mol. The summed E-state index contributed by atoms with van der Waals surface area (Å²) in [4.78, 5) is 35.0. The topological polar surface area (TPSA) is 104 Å². The Morgan fingerprint density at radius 3 is 2.35 bits per heavy atom. The third kappa shape index (κ3) is 5.71. The predicted molar refractivity (Wildman–Crippen MR) is 67.1 cm³/mol. The van der Waals surface area contributed by atoms with Gasteiger partial charge < -0.3 is 10.2 Å². The molecule has 1 heterocycles. The Hall–Kier alpha value is -2.07. The lowest BCUT2D eigenvalue weighted by Crippen LogP contribution is -2.31. The molecular formula is C13H17NO6. The standard InChI is InChI=1S/C8H12O.C5H5NO5/c9-8-6-4-2-1-3-5-7-8;7-3-1-2-4(8)6(3)11-5(9)10/h8-9H,2,4-7H2;1-2H2,(H,9,10). The van der Waals surface area contributed by atoms with E-state index in [1.807, 2.05) is 0 Å². The molecule has 0 saturated carbocycles. The summed E-state index contributed by atoms with van der Waals surface area (Å²) >= 11 is 0. The SMILES string of the molecule is O=C(O)ON1C(=O)CCC1=O.OC1CCC#CCCC1. The number of carbonyl (C=O) groups excluding carboxylic acids is 2. The van der Waals surface area contributed by atoms with E-state index in [4.69, 9.17) is 10.2 Å². The van der Waals surface area contributed by atoms with Gasteiger partial charge in [-0.15, -0.1) is 11.8 Å². The fraction of sp³-hybridized carbons (Fsp3) is 0.615. The molecule has 20 heavy (non-hydrogen) atoms. The van der Waals surface area contributed by atoms with Gasteiger partial charge >= 0.3 is 6.16 Å². The molecule has 7 heteroatoms. The molecule has 2 N–H and O–H groups in total. The summed E-state index contributed by atoms with van der Waals surface area (Å²) in [6.07, 6.45) is 3.01. The maximum Gasteiger partial charge on any atom is 0.531 e. The quantitative estimate of drug-likeness (QED) is 0.551. The number of nitrogens with zero attached hydrogens (tertiary/aromatic N) is 1. The molecule has 0 bridgehead atoms. The molecule has 0 aromatic carbocycles. The number of imide groups is 1. The number of aliphatic hydroxyl groups is 1. The number of carboxylic acid groups (broad SMARTS) is 1. The number of hydrogen-bond acceptors (Lipinski definition) is 5. The maximum absolute atomic E-state index is 10.6. The van der Waals surface area contributed by atoms with Gasteiger partial charge in [0.25, 0.3) is 11.8 Å². The monoisotopic (exact) mass is 283 g/mol. The maximum atomic E-state index is 10.6. The lowest BCUT2D eigenvalue weighted by Gasteiger charge is -2.08. The van der Waals surface area contributed by atoms with Crippen molar-refractivity contribution in [1.29, 1.82) is 0 Å². The highest BCUT2D eigenvalue weighted by Gasteiger charge is 2.32. The van der Waals surface area contributed by atoms with Crippen LogP contribution in [0, 0.1) is 11.8 Å². The second-order valence-corrected chi connectivity index (χ2v) is 4.38. The van der Waals surface area contributed by atoms with Gasteiger partial charge in [-0.2, -0.15) is 0 Å². The fourth-order valence-electron chi connectivity index (χ4n) is 1.72. The number of hydrogen-bond donors (Lipinski definition) is 2. The van der Waals surface area contributed by atoms with E-state index in [-0.39, 0.29) is 24.0 Å². The molecule has 1 aliphatic carbocycles. The second-order valence-electron chi connectivity index (χ2n) is 4.38. The third-order valence-electron chi connectivity index (χ3n) is 2.74. The van der Waals surface area contributed by atoms with E-state index in [1.54, 1.807) is 0 Å². The zero-order valence-corrected chi connectivity index (χ0v) is 11.0. The first kappa shape index (κ1) is 16.0. The summed E-state index contributed by atoms with van der Waals surface area (Å²) in [5.74, 6) is 4.83. The minimum atomic E-state index is -1.66. The van der Waals surface area contributed by atoms with Crippen LogP contribution in [-0.2, 0) is 14.4 Å². The summed E-state index contributed by atoms with van der Waals surface area (Å²) in [6, 6.07) is 0. The molecule has 2 aliphatic rings. The van der Waals surface area contributed by atoms with E-state index >= 15 is 0 Å². The molecule has 1 atom stereocenters. The van der Waals surface area contributed by atoms with Gasteiger partial charge in [-0.25, -0.2) is 4.79 Å². The molecule has 1 fully saturated rings. The van der Waals surface area contributed by atoms with E-state index in [9.17, 15) is 14.4 Å². The van der Waals surface area contributed by atoms with E-state index in [0.29, 0.717) is 0 Å². The molecule has 0 spiro atoms. The summed E-state index contributed by atoms with van der Waals surface area (Å²) in [6.45, 7) is 0. The first-order valence-electron chi connectivity index (χ1n) is 6.41. The van der Waals surface area contributed by atoms with Crippen molar-refractivity contribution in [2.24, 2.45) is 0 Å². The lowest BCUT2D eigenvalue weighted by atomic mass is 10.1. The molecule has 1 saturated heterocycles. The van der Waals surface area contributed by atoms with E-state index in [0.717, 1.165) is 32.1 Å². The smallest absolute Gasteiger partial charge is 0.448 e. The van der Waals surface area contributed by atoms with Crippen LogP contribution in [0.4, 0.5) is 4.79 Å². The van der Waals surface area contributed by atoms with Gasteiger partial charge in [-0.05, 0) is 19.3 Å². The van der Waals surface area contributed by atoms with E-state index in [2.05, 4.69) is 16.7 Å². The minimum absolute atomic E-state index is 0.0200. The largest absolute Gasteiger partial charge is 0.531 e. The van der Waals surface area contributed by atoms with Gasteiger partial charge in [0, 0.05) is 25.7 Å². The molecular weight excluding hydrogens is 266 g/mol. The van der Waals surface area contributed by atoms with Crippen LogP contribution in [0.5, 0.6) is 0 Å². The number of amides is 2. The number of hydroxylamine groups is 2. The van der Waals surface area contributed by atoms with E-state index in [1.165, 1.54) is 0 Å². The minimum Gasteiger partial charge on any atom is -0.448 e. The Kier molecular flexibility index (Phi) is 6.53. The molecule has 2 amide bonds. The van der Waals surface area contributed by atoms with Crippen molar-refractivity contribution < 1.29 is 29.4 Å². The summed E-state index contributed by atoms with van der Waals surface area (Å²) in [5.41, 5.74) is 0. The molecule has 1 unspecified atom stereocenters. The molecule has 1 aliphatic heterocycles. The molecule has 7 nitrogen and oxygen atoms in total. The third-order valence-corrected chi connectivity index (χ3v) is 2.74. The summed E-state index contributed by atoms with van der Waals surface area (Å²) in [5, 5.41) is 17.5. The fourth-order valence-corrected chi connectivity index (χ4v) is 1.72. The van der Waals surface area contributed by atoms with Crippen LogP contribution in [-0.4, -0.2) is 39.3 Å². The number of rotatable bonds is 1. The van der Waals surface area contributed by atoms with Crippen molar-refractivity contribution in [3.8, 4) is 11.8 Å². The molecule has 110 valence electrons. The van der Waals surface area contributed by atoms with Gasteiger partial charge in [0.1, 0.15) is 0 Å². The average Bonchev–Trinajstić information content (AvgIpc) is 2.66. The zero-order chi connectivity index (χ0) is 15.0. The highest BCUT2D eigenvalue weighted by molar-refractivity contribution is 6.01. The van der Waals surface area contributed by atoms with Crippen LogP contribution >= 0.6 is 0 Å². The Morgan fingerprint density at radius 2 is 1.75 bits per heavy atom. The van der Waals surface area contributed by atoms with Crippen LogP contribution in [0.25, 0.3) is 0 Å². The summed E-state index contributed by atoms with van der Waals surface area (Å²) < 4.78 is 0. The molecule has 0 aromatic heterocycles. The van der Waals surface area contributed by atoms with Gasteiger partial charge in [0.2, 0.25) is 0 Å². The lowest BCUT2D eigenvalue weighted by molar-refractivity contribution is -0.175. The van der Waals surface area contributed by atoms with E-state index < -0.39 is 18.0 Å². The highest BCUT2D eigenvalue weighted by Crippen LogP contribution is 2.11. The first-order chi connectivity index (χ1) is 9.50. The number of carbonyl (C=O) groups is 3. The summed E-state index contributed by atoms with van der Waals surface area (Å²) in [7, 11) is 0.